The lowest BCUT2D eigenvalue weighted by Crippen LogP contribution is -2.23. The molecule has 0 saturated carbocycles. The van der Waals surface area contributed by atoms with Crippen molar-refractivity contribution in [3.63, 3.8) is 0 Å². The van der Waals surface area contributed by atoms with Crippen molar-refractivity contribution >= 4 is 15.9 Å². The highest BCUT2D eigenvalue weighted by atomic mass is 79.9. The summed E-state index contributed by atoms with van der Waals surface area (Å²) in [6.07, 6.45) is 0. The van der Waals surface area contributed by atoms with Crippen LogP contribution >= 0.6 is 15.9 Å². The number of ether oxygens (including phenoxy) is 1. The van der Waals surface area contributed by atoms with Crippen molar-refractivity contribution in [3.05, 3.63) is 64.1 Å². The highest BCUT2D eigenvalue weighted by Crippen LogP contribution is 2.13. The summed E-state index contributed by atoms with van der Waals surface area (Å²) in [6.45, 7) is 2.36. The zero-order valence-electron chi connectivity index (χ0n) is 11.9. The molecule has 3 nitrogen and oxygen atoms in total. The fourth-order valence-corrected chi connectivity index (χ4v) is 2.19. The van der Waals surface area contributed by atoms with E-state index < -0.39 is 0 Å². The Morgan fingerprint density at radius 1 is 1.10 bits per heavy atom. The Bertz CT molecular complexity index is 602. The molecule has 2 rings (SSSR count). The average molecular weight is 345 g/mol. The van der Waals surface area contributed by atoms with E-state index in [1.807, 2.05) is 12.1 Å². The summed E-state index contributed by atoms with van der Waals surface area (Å²) in [7, 11) is 2.07. The molecule has 108 valence electrons. The maximum absolute atomic E-state index is 8.73. The summed E-state index contributed by atoms with van der Waals surface area (Å²) >= 11 is 3.44. The largest absolute Gasteiger partial charge is 0.492 e. The van der Waals surface area contributed by atoms with Crippen molar-refractivity contribution in [2.24, 2.45) is 0 Å². The Balaban J connectivity index is 1.74. The predicted octanol–water partition coefficient (Wildman–Crippen LogP) is 3.83. The molecule has 0 aliphatic heterocycles. The molecule has 2 aromatic carbocycles. The van der Waals surface area contributed by atoms with Gasteiger partial charge in [0.1, 0.15) is 12.4 Å². The van der Waals surface area contributed by atoms with Gasteiger partial charge < -0.3 is 4.74 Å². The number of nitrogens with zero attached hydrogens (tertiary/aromatic N) is 2. The van der Waals surface area contributed by atoms with Gasteiger partial charge in [-0.05, 0) is 49.0 Å². The van der Waals surface area contributed by atoms with Crippen LogP contribution < -0.4 is 4.74 Å². The third-order valence-corrected chi connectivity index (χ3v) is 3.62. The summed E-state index contributed by atoms with van der Waals surface area (Å²) < 4.78 is 6.77. The van der Waals surface area contributed by atoms with Crippen molar-refractivity contribution in [1.82, 2.24) is 4.90 Å². The molecule has 0 heterocycles. The second kappa shape index (κ2) is 7.82. The number of nitriles is 1. The van der Waals surface area contributed by atoms with Crippen LogP contribution in [0.5, 0.6) is 5.75 Å². The fourth-order valence-electron chi connectivity index (χ4n) is 1.93. The molecular weight excluding hydrogens is 328 g/mol. The summed E-state index contributed by atoms with van der Waals surface area (Å²) in [4.78, 5) is 2.22. The van der Waals surface area contributed by atoms with Crippen molar-refractivity contribution in [2.75, 3.05) is 20.2 Å². The lowest BCUT2D eigenvalue weighted by molar-refractivity contribution is 0.233. The van der Waals surface area contributed by atoms with Gasteiger partial charge >= 0.3 is 0 Å². The van der Waals surface area contributed by atoms with E-state index in [-0.39, 0.29) is 0 Å². The van der Waals surface area contributed by atoms with Crippen LogP contribution in [0.3, 0.4) is 0 Å². The summed E-state index contributed by atoms with van der Waals surface area (Å²) in [5.41, 5.74) is 1.92. The molecule has 0 bridgehead atoms. The Labute approximate surface area is 133 Å². The van der Waals surface area contributed by atoms with Gasteiger partial charge in [0, 0.05) is 17.6 Å². The Kier molecular flexibility index (Phi) is 5.79. The standard InChI is InChI=1S/C17H17BrN2O/c1-20(13-15-2-6-16(18)7-3-15)10-11-21-17-8-4-14(12-19)5-9-17/h2-9H,10-11,13H2,1H3. The van der Waals surface area contributed by atoms with Gasteiger partial charge in [-0.15, -0.1) is 0 Å². The second-order valence-electron chi connectivity index (χ2n) is 4.85. The van der Waals surface area contributed by atoms with Crippen LogP contribution in [0.25, 0.3) is 0 Å². The van der Waals surface area contributed by atoms with Crippen LogP contribution in [0.1, 0.15) is 11.1 Å². The van der Waals surface area contributed by atoms with Gasteiger partial charge in [-0.2, -0.15) is 5.26 Å². The van der Waals surface area contributed by atoms with Gasteiger partial charge in [-0.3, -0.25) is 4.90 Å². The smallest absolute Gasteiger partial charge is 0.119 e. The van der Waals surface area contributed by atoms with E-state index in [1.54, 1.807) is 12.1 Å². The van der Waals surface area contributed by atoms with Crippen LogP contribution in [0.15, 0.2) is 53.0 Å². The van der Waals surface area contributed by atoms with Crippen molar-refractivity contribution in [1.29, 1.82) is 5.26 Å². The lowest BCUT2D eigenvalue weighted by Gasteiger charge is -2.17. The van der Waals surface area contributed by atoms with Gasteiger partial charge in [0.2, 0.25) is 0 Å². The van der Waals surface area contributed by atoms with E-state index in [9.17, 15) is 0 Å². The minimum Gasteiger partial charge on any atom is -0.492 e. The third kappa shape index (κ3) is 5.22. The molecule has 2 aromatic rings. The Hall–Kier alpha value is -1.83. The normalized spacial score (nSPS) is 10.4. The average Bonchev–Trinajstić information content (AvgIpc) is 2.50. The minimum atomic E-state index is 0.624. The van der Waals surface area contributed by atoms with E-state index >= 15 is 0 Å². The topological polar surface area (TPSA) is 36.3 Å². The lowest BCUT2D eigenvalue weighted by atomic mass is 10.2. The number of rotatable bonds is 6. The van der Waals surface area contributed by atoms with Crippen LogP contribution in [-0.4, -0.2) is 25.1 Å². The van der Waals surface area contributed by atoms with Crippen molar-refractivity contribution in [3.8, 4) is 11.8 Å². The molecule has 0 unspecified atom stereocenters. The monoisotopic (exact) mass is 344 g/mol. The van der Waals surface area contributed by atoms with Gasteiger partial charge in [0.05, 0.1) is 11.6 Å². The van der Waals surface area contributed by atoms with E-state index in [0.29, 0.717) is 12.2 Å². The second-order valence-corrected chi connectivity index (χ2v) is 5.76. The van der Waals surface area contributed by atoms with Crippen LogP contribution in [0, 0.1) is 11.3 Å². The van der Waals surface area contributed by atoms with Crippen LogP contribution in [0.2, 0.25) is 0 Å². The molecule has 0 radical (unpaired) electrons. The predicted molar refractivity (Wildman–Crippen MR) is 87.1 cm³/mol. The highest BCUT2D eigenvalue weighted by molar-refractivity contribution is 9.10. The molecule has 0 N–H and O–H groups in total. The number of likely N-dealkylation sites (N-methyl/N-ethyl adjacent to an activating group) is 1. The quantitative estimate of drug-likeness (QED) is 0.798. The Morgan fingerprint density at radius 2 is 1.76 bits per heavy atom. The minimum absolute atomic E-state index is 0.624. The molecule has 0 aliphatic rings. The number of hydrogen-bond donors (Lipinski definition) is 0. The van der Waals surface area contributed by atoms with Gasteiger partial charge in [0.15, 0.2) is 0 Å². The first-order valence-electron chi connectivity index (χ1n) is 6.73. The first kappa shape index (κ1) is 15.6. The SMILES string of the molecule is CN(CCOc1ccc(C#N)cc1)Cc1ccc(Br)cc1. The fraction of sp³-hybridized carbons (Fsp3) is 0.235. The molecular formula is C17H17BrN2O. The number of benzene rings is 2. The number of hydrogen-bond acceptors (Lipinski definition) is 3. The highest BCUT2D eigenvalue weighted by Gasteiger charge is 2.01. The van der Waals surface area contributed by atoms with Crippen molar-refractivity contribution < 1.29 is 4.74 Å². The molecule has 0 aromatic heterocycles. The molecule has 0 atom stereocenters. The van der Waals surface area contributed by atoms with Gasteiger partial charge in [-0.1, -0.05) is 28.1 Å². The van der Waals surface area contributed by atoms with Gasteiger partial charge in [0.25, 0.3) is 0 Å². The summed E-state index contributed by atoms with van der Waals surface area (Å²) in [6, 6.07) is 17.6. The first-order chi connectivity index (χ1) is 10.2. The molecule has 0 amide bonds. The summed E-state index contributed by atoms with van der Waals surface area (Å²) in [5.74, 6) is 0.797. The summed E-state index contributed by atoms with van der Waals surface area (Å²) in [5, 5.41) is 8.73. The molecule has 0 aliphatic carbocycles. The first-order valence-corrected chi connectivity index (χ1v) is 7.52. The molecule has 0 spiro atoms. The molecule has 4 heteroatoms. The van der Waals surface area contributed by atoms with E-state index in [2.05, 4.69) is 58.2 Å². The Morgan fingerprint density at radius 3 is 2.38 bits per heavy atom. The van der Waals surface area contributed by atoms with Gasteiger partial charge in [-0.25, -0.2) is 0 Å². The van der Waals surface area contributed by atoms with Crippen LogP contribution in [0.4, 0.5) is 0 Å². The third-order valence-electron chi connectivity index (χ3n) is 3.09. The molecule has 0 saturated heterocycles. The maximum Gasteiger partial charge on any atom is 0.119 e. The zero-order valence-corrected chi connectivity index (χ0v) is 13.5. The zero-order chi connectivity index (χ0) is 15.1. The van der Waals surface area contributed by atoms with Crippen LogP contribution in [-0.2, 0) is 6.54 Å². The molecule has 21 heavy (non-hydrogen) atoms. The van der Waals surface area contributed by atoms with E-state index in [1.165, 1.54) is 5.56 Å². The van der Waals surface area contributed by atoms with Crippen molar-refractivity contribution in [2.45, 2.75) is 6.54 Å². The number of halogens is 1. The molecule has 0 fully saturated rings. The van der Waals surface area contributed by atoms with E-state index in [0.717, 1.165) is 23.3 Å². The maximum atomic E-state index is 8.73. The van der Waals surface area contributed by atoms with E-state index in [4.69, 9.17) is 10.00 Å².